The summed E-state index contributed by atoms with van der Waals surface area (Å²) >= 11 is 3.08. The number of ketones is 1. The van der Waals surface area contributed by atoms with E-state index in [0.29, 0.717) is 5.75 Å². The first-order valence-corrected chi connectivity index (χ1v) is 7.77. The second-order valence-electron chi connectivity index (χ2n) is 4.71. The number of phenols is 1. The molecule has 1 rings (SSSR count). The fraction of sp³-hybridized carbons (Fsp3) is 0.467. The van der Waals surface area contributed by atoms with Gasteiger partial charge in [0, 0.05) is 6.07 Å². The number of hydrogen-bond donors (Lipinski definition) is 1. The number of halogens is 1. The SMILES string of the molecule is CCOC(=O)COc1cc(O)c(C(=O)CBr)cc1C(C)C. The number of esters is 1. The molecule has 0 radical (unpaired) electrons. The van der Waals surface area contributed by atoms with Crippen molar-refractivity contribution in [3.63, 3.8) is 0 Å². The summed E-state index contributed by atoms with van der Waals surface area (Å²) in [5, 5.41) is 10.1. The summed E-state index contributed by atoms with van der Waals surface area (Å²) in [5.74, 6) is -0.410. The Morgan fingerprint density at radius 2 is 2.00 bits per heavy atom. The topological polar surface area (TPSA) is 72.8 Å². The van der Waals surface area contributed by atoms with Crippen molar-refractivity contribution in [3.8, 4) is 11.5 Å². The fourth-order valence-electron chi connectivity index (χ4n) is 1.80. The Balaban J connectivity index is 3.05. The molecule has 0 saturated carbocycles. The number of ether oxygens (including phenoxy) is 2. The van der Waals surface area contributed by atoms with Crippen LogP contribution in [0.5, 0.6) is 11.5 Å². The zero-order valence-electron chi connectivity index (χ0n) is 12.3. The third-order valence-electron chi connectivity index (χ3n) is 2.82. The first-order chi connectivity index (χ1) is 9.90. The van der Waals surface area contributed by atoms with Crippen LogP contribution >= 0.6 is 15.9 Å². The number of hydrogen-bond acceptors (Lipinski definition) is 5. The van der Waals surface area contributed by atoms with Crippen LogP contribution in [0, 0.1) is 0 Å². The Kier molecular flexibility index (Phi) is 6.68. The van der Waals surface area contributed by atoms with E-state index in [0.717, 1.165) is 5.56 Å². The first-order valence-electron chi connectivity index (χ1n) is 6.65. The Morgan fingerprint density at radius 1 is 1.33 bits per heavy atom. The lowest BCUT2D eigenvalue weighted by Gasteiger charge is -2.16. The molecule has 0 aliphatic heterocycles. The number of Topliss-reactive ketones (excluding diaryl/α,β-unsaturated/α-hetero) is 1. The van der Waals surface area contributed by atoms with Gasteiger partial charge < -0.3 is 14.6 Å². The highest BCUT2D eigenvalue weighted by atomic mass is 79.9. The number of phenolic OH excluding ortho intramolecular Hbond substituents is 1. The van der Waals surface area contributed by atoms with Crippen LogP contribution in [0.1, 0.15) is 42.6 Å². The quantitative estimate of drug-likeness (QED) is 0.460. The molecular weight excluding hydrogens is 340 g/mol. The van der Waals surface area contributed by atoms with Crippen molar-refractivity contribution in [2.45, 2.75) is 26.7 Å². The van der Waals surface area contributed by atoms with E-state index in [1.165, 1.54) is 6.07 Å². The van der Waals surface area contributed by atoms with Crippen LogP contribution in [-0.4, -0.2) is 35.4 Å². The highest BCUT2D eigenvalue weighted by Gasteiger charge is 2.18. The molecule has 0 aliphatic carbocycles. The lowest BCUT2D eigenvalue weighted by molar-refractivity contribution is -0.145. The summed E-state index contributed by atoms with van der Waals surface area (Å²) in [6, 6.07) is 2.97. The summed E-state index contributed by atoms with van der Waals surface area (Å²) in [6.07, 6.45) is 0. The Morgan fingerprint density at radius 3 is 2.52 bits per heavy atom. The smallest absolute Gasteiger partial charge is 0.344 e. The molecule has 0 saturated heterocycles. The summed E-state index contributed by atoms with van der Waals surface area (Å²) in [5.41, 5.74) is 0.987. The van der Waals surface area contributed by atoms with Crippen molar-refractivity contribution in [2.24, 2.45) is 0 Å². The van der Waals surface area contributed by atoms with Crippen molar-refractivity contribution in [3.05, 3.63) is 23.3 Å². The zero-order chi connectivity index (χ0) is 16.0. The molecule has 1 aromatic carbocycles. The van der Waals surface area contributed by atoms with E-state index in [1.54, 1.807) is 13.0 Å². The molecule has 0 atom stereocenters. The molecule has 6 heteroatoms. The molecule has 5 nitrogen and oxygen atoms in total. The van der Waals surface area contributed by atoms with Crippen LogP contribution in [0.15, 0.2) is 12.1 Å². The van der Waals surface area contributed by atoms with Gasteiger partial charge in [-0.3, -0.25) is 4.79 Å². The third kappa shape index (κ3) is 4.74. The zero-order valence-corrected chi connectivity index (χ0v) is 13.9. The van der Waals surface area contributed by atoms with Gasteiger partial charge in [0.1, 0.15) is 11.5 Å². The molecule has 1 N–H and O–H groups in total. The molecule has 0 amide bonds. The lowest BCUT2D eigenvalue weighted by Crippen LogP contribution is -2.15. The van der Waals surface area contributed by atoms with Gasteiger partial charge in [0.25, 0.3) is 0 Å². The summed E-state index contributed by atoms with van der Waals surface area (Å²) < 4.78 is 10.2. The van der Waals surface area contributed by atoms with Crippen molar-refractivity contribution >= 4 is 27.7 Å². The second-order valence-corrected chi connectivity index (χ2v) is 5.27. The van der Waals surface area contributed by atoms with Crippen molar-refractivity contribution < 1.29 is 24.2 Å². The Bertz CT molecular complexity index is 525. The highest BCUT2D eigenvalue weighted by molar-refractivity contribution is 9.09. The van der Waals surface area contributed by atoms with Crippen molar-refractivity contribution in [1.82, 2.24) is 0 Å². The van der Waals surface area contributed by atoms with Gasteiger partial charge in [0.2, 0.25) is 0 Å². The largest absolute Gasteiger partial charge is 0.507 e. The average molecular weight is 359 g/mol. The highest BCUT2D eigenvalue weighted by Crippen LogP contribution is 2.33. The Labute approximate surface area is 132 Å². The minimum Gasteiger partial charge on any atom is -0.507 e. The van der Waals surface area contributed by atoms with Gasteiger partial charge in [-0.2, -0.15) is 0 Å². The van der Waals surface area contributed by atoms with E-state index >= 15 is 0 Å². The number of benzene rings is 1. The van der Waals surface area contributed by atoms with Crippen molar-refractivity contribution in [1.29, 1.82) is 0 Å². The van der Waals surface area contributed by atoms with E-state index in [4.69, 9.17) is 9.47 Å². The number of carbonyl (C=O) groups is 2. The monoisotopic (exact) mass is 358 g/mol. The lowest BCUT2D eigenvalue weighted by atomic mass is 9.97. The van der Waals surface area contributed by atoms with Crippen LogP contribution in [-0.2, 0) is 9.53 Å². The maximum atomic E-state index is 11.7. The van der Waals surface area contributed by atoms with E-state index < -0.39 is 5.97 Å². The predicted octanol–water partition coefficient (Wildman–Crippen LogP) is 3.04. The van der Waals surface area contributed by atoms with Crippen molar-refractivity contribution in [2.75, 3.05) is 18.5 Å². The van der Waals surface area contributed by atoms with E-state index in [9.17, 15) is 14.7 Å². The van der Waals surface area contributed by atoms with Crippen LogP contribution in [0.3, 0.4) is 0 Å². The van der Waals surface area contributed by atoms with E-state index in [-0.39, 0.29) is 41.6 Å². The predicted molar refractivity (Wildman–Crippen MR) is 82.4 cm³/mol. The second kappa shape index (κ2) is 8.02. The van der Waals surface area contributed by atoms with Crippen LogP contribution in [0.2, 0.25) is 0 Å². The maximum absolute atomic E-state index is 11.7. The van der Waals surface area contributed by atoms with Gasteiger partial charge in [-0.15, -0.1) is 0 Å². The molecule has 116 valence electrons. The fourth-order valence-corrected chi connectivity index (χ4v) is 2.10. The normalized spacial score (nSPS) is 10.5. The number of rotatable bonds is 7. The summed E-state index contributed by atoms with van der Waals surface area (Å²) in [4.78, 5) is 23.1. The maximum Gasteiger partial charge on any atom is 0.344 e. The molecule has 0 spiro atoms. The van der Waals surface area contributed by atoms with Gasteiger partial charge in [0.15, 0.2) is 12.4 Å². The third-order valence-corrected chi connectivity index (χ3v) is 3.33. The number of carbonyl (C=O) groups excluding carboxylic acids is 2. The number of alkyl halides is 1. The van der Waals surface area contributed by atoms with Gasteiger partial charge >= 0.3 is 5.97 Å². The molecule has 0 aromatic heterocycles. The van der Waals surface area contributed by atoms with E-state index in [2.05, 4.69) is 15.9 Å². The molecule has 21 heavy (non-hydrogen) atoms. The molecule has 0 aliphatic rings. The van der Waals surface area contributed by atoms with Gasteiger partial charge in [-0.1, -0.05) is 29.8 Å². The molecule has 0 bridgehead atoms. The minimum absolute atomic E-state index is 0.0738. The van der Waals surface area contributed by atoms with Crippen LogP contribution in [0.25, 0.3) is 0 Å². The number of aromatic hydroxyl groups is 1. The van der Waals surface area contributed by atoms with Crippen LogP contribution in [0.4, 0.5) is 0 Å². The summed E-state index contributed by atoms with van der Waals surface area (Å²) in [6.45, 7) is 5.63. The molecular formula is C15H19BrO5. The Hall–Kier alpha value is -1.56. The van der Waals surface area contributed by atoms with Gasteiger partial charge in [-0.25, -0.2) is 4.79 Å². The molecule has 0 heterocycles. The molecule has 0 unspecified atom stereocenters. The van der Waals surface area contributed by atoms with E-state index in [1.807, 2.05) is 13.8 Å². The van der Waals surface area contributed by atoms with Gasteiger partial charge in [0.05, 0.1) is 17.5 Å². The average Bonchev–Trinajstić information content (AvgIpc) is 2.44. The first kappa shape index (κ1) is 17.5. The van der Waals surface area contributed by atoms with Crippen LogP contribution < -0.4 is 4.74 Å². The molecule has 1 aromatic rings. The molecule has 0 fully saturated rings. The summed E-state index contributed by atoms with van der Waals surface area (Å²) in [7, 11) is 0. The minimum atomic E-state index is -0.479. The van der Waals surface area contributed by atoms with Gasteiger partial charge in [-0.05, 0) is 24.5 Å². The standard InChI is InChI=1S/C15H19BrO5/c1-4-20-15(19)8-21-14-6-12(17)11(13(18)7-16)5-10(14)9(2)3/h5-6,9,17H,4,7-8H2,1-3H3.